The van der Waals surface area contributed by atoms with Crippen molar-refractivity contribution in [2.75, 3.05) is 13.2 Å². The molecular weight excluding hydrogens is 323 g/mol. The molecule has 1 saturated heterocycles. The third kappa shape index (κ3) is 3.30. The molecule has 0 bridgehead atoms. The second-order valence-corrected chi connectivity index (χ2v) is 6.26. The van der Waals surface area contributed by atoms with E-state index in [0.29, 0.717) is 24.4 Å². The monoisotopic (exact) mass is 342 g/mol. The lowest BCUT2D eigenvalue weighted by Gasteiger charge is -2.13. The summed E-state index contributed by atoms with van der Waals surface area (Å²) in [7, 11) is 0. The standard InChI is InChI=1S/C19H19FN2O3/c20-14-4-1-3-13(9-14)12-22-16-6-8-25-18(16)10-17(22)19(23)21-11-15-5-2-7-24-15/h1,3-4,6,8-10,15H,2,5,7,11-12H2,(H,21,23). The summed E-state index contributed by atoms with van der Waals surface area (Å²) in [5.74, 6) is -0.476. The number of nitrogens with one attached hydrogen (secondary N) is 1. The van der Waals surface area contributed by atoms with Crippen LogP contribution in [0.1, 0.15) is 28.9 Å². The van der Waals surface area contributed by atoms with E-state index in [4.69, 9.17) is 9.15 Å². The molecule has 1 aliphatic heterocycles. The lowest BCUT2D eigenvalue weighted by atomic mass is 10.2. The van der Waals surface area contributed by atoms with Gasteiger partial charge in [0.15, 0.2) is 5.58 Å². The minimum absolute atomic E-state index is 0.0820. The van der Waals surface area contributed by atoms with E-state index in [1.54, 1.807) is 18.4 Å². The number of nitrogens with zero attached hydrogens (tertiary/aromatic N) is 1. The van der Waals surface area contributed by atoms with Crippen LogP contribution in [0.2, 0.25) is 0 Å². The number of carbonyl (C=O) groups is 1. The van der Waals surface area contributed by atoms with Gasteiger partial charge in [0.05, 0.1) is 17.9 Å². The van der Waals surface area contributed by atoms with Gasteiger partial charge in [0.25, 0.3) is 5.91 Å². The van der Waals surface area contributed by atoms with Crippen molar-refractivity contribution < 1.29 is 18.3 Å². The molecule has 25 heavy (non-hydrogen) atoms. The number of ether oxygens (including phenoxy) is 1. The first-order chi connectivity index (χ1) is 12.2. The number of hydrogen-bond acceptors (Lipinski definition) is 3. The van der Waals surface area contributed by atoms with Crippen LogP contribution >= 0.6 is 0 Å². The summed E-state index contributed by atoms with van der Waals surface area (Å²) >= 11 is 0. The fourth-order valence-electron chi connectivity index (χ4n) is 3.26. The maximum atomic E-state index is 13.5. The Hall–Kier alpha value is -2.60. The summed E-state index contributed by atoms with van der Waals surface area (Å²) in [5, 5.41) is 2.93. The Labute approximate surface area is 144 Å². The van der Waals surface area contributed by atoms with Crippen LogP contribution < -0.4 is 5.32 Å². The molecular formula is C19H19FN2O3. The van der Waals surface area contributed by atoms with E-state index in [9.17, 15) is 9.18 Å². The van der Waals surface area contributed by atoms with Gasteiger partial charge in [-0.2, -0.15) is 0 Å². The number of amides is 1. The van der Waals surface area contributed by atoms with Gasteiger partial charge in [-0.25, -0.2) is 4.39 Å². The molecule has 2 aromatic heterocycles. The summed E-state index contributed by atoms with van der Waals surface area (Å²) in [5.41, 5.74) is 2.73. The van der Waals surface area contributed by atoms with Crippen LogP contribution in [-0.4, -0.2) is 29.7 Å². The van der Waals surface area contributed by atoms with E-state index < -0.39 is 0 Å². The van der Waals surface area contributed by atoms with E-state index >= 15 is 0 Å². The van der Waals surface area contributed by atoms with Crippen molar-refractivity contribution in [1.82, 2.24) is 9.88 Å². The van der Waals surface area contributed by atoms with Crippen LogP contribution in [0.4, 0.5) is 4.39 Å². The fraction of sp³-hybridized carbons (Fsp3) is 0.316. The molecule has 3 aromatic rings. The topological polar surface area (TPSA) is 56.4 Å². The summed E-state index contributed by atoms with van der Waals surface area (Å²) in [6.45, 7) is 1.64. The van der Waals surface area contributed by atoms with Crippen molar-refractivity contribution in [2.45, 2.75) is 25.5 Å². The zero-order valence-electron chi connectivity index (χ0n) is 13.7. The lowest BCUT2D eigenvalue weighted by Crippen LogP contribution is -2.33. The highest BCUT2D eigenvalue weighted by atomic mass is 19.1. The first-order valence-corrected chi connectivity index (χ1v) is 8.42. The molecule has 6 heteroatoms. The molecule has 130 valence electrons. The van der Waals surface area contributed by atoms with Crippen molar-refractivity contribution in [3.05, 3.63) is 59.7 Å². The zero-order chi connectivity index (χ0) is 17.2. The molecule has 1 N–H and O–H groups in total. The van der Waals surface area contributed by atoms with Crippen LogP contribution in [0.3, 0.4) is 0 Å². The van der Waals surface area contributed by atoms with Crippen LogP contribution in [-0.2, 0) is 11.3 Å². The minimum Gasteiger partial charge on any atom is -0.463 e. The molecule has 3 heterocycles. The maximum absolute atomic E-state index is 13.5. The van der Waals surface area contributed by atoms with Crippen LogP contribution in [0, 0.1) is 5.82 Å². The van der Waals surface area contributed by atoms with Crippen LogP contribution in [0.15, 0.2) is 47.1 Å². The molecule has 0 saturated carbocycles. The predicted molar refractivity (Wildman–Crippen MR) is 91.0 cm³/mol. The molecule has 5 nitrogen and oxygen atoms in total. The third-order valence-corrected chi connectivity index (χ3v) is 4.50. The number of halogens is 1. The Balaban J connectivity index is 1.59. The van der Waals surface area contributed by atoms with E-state index in [2.05, 4.69) is 5.32 Å². The second-order valence-electron chi connectivity index (χ2n) is 6.26. The lowest BCUT2D eigenvalue weighted by molar-refractivity contribution is 0.0851. The molecule has 0 radical (unpaired) electrons. The average Bonchev–Trinajstić information content (AvgIpc) is 3.31. The van der Waals surface area contributed by atoms with Crippen LogP contribution in [0.25, 0.3) is 11.1 Å². The van der Waals surface area contributed by atoms with Gasteiger partial charge in [0, 0.05) is 31.8 Å². The normalized spacial score (nSPS) is 17.2. The van der Waals surface area contributed by atoms with Gasteiger partial charge in [-0.15, -0.1) is 0 Å². The second kappa shape index (κ2) is 6.72. The SMILES string of the molecule is O=C(NCC1CCCO1)c1cc2occc2n1Cc1cccc(F)c1. The molecule has 1 aromatic carbocycles. The number of hydrogen-bond donors (Lipinski definition) is 1. The highest BCUT2D eigenvalue weighted by Crippen LogP contribution is 2.23. The van der Waals surface area contributed by atoms with Gasteiger partial charge in [-0.1, -0.05) is 12.1 Å². The molecule has 4 rings (SSSR count). The molecule has 0 aliphatic carbocycles. The Morgan fingerprint density at radius 2 is 2.24 bits per heavy atom. The van der Waals surface area contributed by atoms with Gasteiger partial charge < -0.3 is 19.0 Å². The predicted octanol–water partition coefficient (Wildman–Crippen LogP) is 3.33. The minimum atomic E-state index is -0.294. The van der Waals surface area contributed by atoms with E-state index in [-0.39, 0.29) is 17.8 Å². The number of furan rings is 1. The number of rotatable bonds is 5. The Morgan fingerprint density at radius 1 is 1.32 bits per heavy atom. The van der Waals surface area contributed by atoms with Gasteiger partial charge in [-0.3, -0.25) is 4.79 Å². The van der Waals surface area contributed by atoms with Crippen molar-refractivity contribution in [1.29, 1.82) is 0 Å². The van der Waals surface area contributed by atoms with Crippen molar-refractivity contribution in [3.63, 3.8) is 0 Å². The smallest absolute Gasteiger partial charge is 0.268 e. The summed E-state index contributed by atoms with van der Waals surface area (Å²) in [6, 6.07) is 9.91. The molecule has 1 fully saturated rings. The first kappa shape index (κ1) is 15.9. The quantitative estimate of drug-likeness (QED) is 0.774. The van der Waals surface area contributed by atoms with Gasteiger partial charge in [0.2, 0.25) is 0 Å². The molecule has 1 amide bonds. The number of benzene rings is 1. The Kier molecular flexibility index (Phi) is 4.28. The van der Waals surface area contributed by atoms with Gasteiger partial charge in [0.1, 0.15) is 11.5 Å². The van der Waals surface area contributed by atoms with Gasteiger partial charge in [-0.05, 0) is 30.5 Å². The summed E-state index contributed by atoms with van der Waals surface area (Å²) < 4.78 is 26.3. The number of carbonyl (C=O) groups excluding carboxylic acids is 1. The number of aromatic nitrogens is 1. The Morgan fingerprint density at radius 3 is 3.04 bits per heavy atom. The maximum Gasteiger partial charge on any atom is 0.268 e. The van der Waals surface area contributed by atoms with E-state index in [1.165, 1.54) is 12.1 Å². The zero-order valence-corrected chi connectivity index (χ0v) is 13.7. The summed E-state index contributed by atoms with van der Waals surface area (Å²) in [4.78, 5) is 12.6. The molecule has 1 unspecified atom stereocenters. The Bertz CT molecular complexity index is 893. The van der Waals surface area contributed by atoms with Crippen molar-refractivity contribution in [2.24, 2.45) is 0 Å². The first-order valence-electron chi connectivity index (χ1n) is 8.42. The largest absolute Gasteiger partial charge is 0.463 e. The average molecular weight is 342 g/mol. The molecule has 0 spiro atoms. The third-order valence-electron chi connectivity index (χ3n) is 4.50. The summed E-state index contributed by atoms with van der Waals surface area (Å²) in [6.07, 6.45) is 3.66. The van der Waals surface area contributed by atoms with E-state index in [0.717, 1.165) is 30.5 Å². The van der Waals surface area contributed by atoms with Crippen molar-refractivity contribution >= 4 is 17.0 Å². The van der Waals surface area contributed by atoms with Gasteiger partial charge >= 0.3 is 0 Å². The van der Waals surface area contributed by atoms with Crippen molar-refractivity contribution in [3.8, 4) is 0 Å². The van der Waals surface area contributed by atoms with E-state index in [1.807, 2.05) is 16.7 Å². The number of fused-ring (bicyclic) bond motifs is 1. The highest BCUT2D eigenvalue weighted by molar-refractivity contribution is 5.97. The highest BCUT2D eigenvalue weighted by Gasteiger charge is 2.20. The molecule has 1 atom stereocenters. The fourth-order valence-corrected chi connectivity index (χ4v) is 3.26. The van der Waals surface area contributed by atoms with Crippen LogP contribution in [0.5, 0.6) is 0 Å². The molecule has 1 aliphatic rings.